The van der Waals surface area contributed by atoms with Gasteiger partial charge in [0.15, 0.2) is 6.10 Å². The predicted octanol–water partition coefficient (Wildman–Crippen LogP) is 0.805. The standard InChI is InChI=1S/C8H8O3/c9-7(8(10)11)6-4-2-1-3-5-6/h1-5,7,9H,(H,10,11)/i8+2. The maximum absolute atomic E-state index is 10.2. The summed E-state index contributed by atoms with van der Waals surface area (Å²) in [5.41, 5.74) is 0.403. The zero-order valence-corrected chi connectivity index (χ0v) is 5.77. The smallest absolute Gasteiger partial charge is 0.337 e. The highest BCUT2D eigenvalue weighted by Gasteiger charge is 2.14. The fourth-order valence-corrected chi connectivity index (χ4v) is 0.778. The molecule has 0 saturated heterocycles. The molecule has 0 aliphatic heterocycles. The molecule has 2 N–H and O–H groups in total. The molecule has 11 heavy (non-hydrogen) atoms. The molecular formula is C8H8O3. The van der Waals surface area contributed by atoms with Crippen LogP contribution in [0.25, 0.3) is 0 Å². The fraction of sp³-hybridized carbons (Fsp3) is 0.125. The van der Waals surface area contributed by atoms with Gasteiger partial charge < -0.3 is 10.2 Å². The molecule has 3 nitrogen and oxygen atoms in total. The Kier molecular flexibility index (Phi) is 2.23. The van der Waals surface area contributed by atoms with Crippen LogP contribution in [0, 0.1) is 0 Å². The Morgan fingerprint density at radius 1 is 1.27 bits per heavy atom. The van der Waals surface area contributed by atoms with E-state index in [1.54, 1.807) is 30.3 Å². The van der Waals surface area contributed by atoms with Gasteiger partial charge in [0.25, 0.3) is 0 Å². The van der Waals surface area contributed by atoms with Crippen molar-refractivity contribution in [1.82, 2.24) is 0 Å². The van der Waals surface area contributed by atoms with E-state index in [2.05, 4.69) is 0 Å². The number of aliphatic carboxylic acids is 1. The summed E-state index contributed by atoms with van der Waals surface area (Å²) in [5.74, 6) is -1.23. The van der Waals surface area contributed by atoms with Crippen LogP contribution in [-0.4, -0.2) is 16.2 Å². The van der Waals surface area contributed by atoms with Crippen molar-refractivity contribution in [2.45, 2.75) is 6.10 Å². The maximum Gasteiger partial charge on any atom is 0.337 e. The molecule has 0 fully saturated rings. The minimum Gasteiger partial charge on any atom is -0.479 e. The molecule has 58 valence electrons. The van der Waals surface area contributed by atoms with E-state index in [0.29, 0.717) is 5.56 Å². The van der Waals surface area contributed by atoms with Crippen molar-refractivity contribution < 1.29 is 15.0 Å². The van der Waals surface area contributed by atoms with E-state index >= 15 is 0 Å². The van der Waals surface area contributed by atoms with Gasteiger partial charge in [-0.25, -0.2) is 4.79 Å². The molecule has 0 bridgehead atoms. The third kappa shape index (κ3) is 1.78. The highest BCUT2D eigenvalue weighted by atomic mass is 16.7. The maximum atomic E-state index is 10.2. The Balaban J connectivity index is 2.85. The van der Waals surface area contributed by atoms with Gasteiger partial charge in [-0.2, -0.15) is 0 Å². The molecule has 3 heteroatoms. The zero-order valence-electron chi connectivity index (χ0n) is 5.77. The molecule has 0 spiro atoms. The normalized spacial score (nSPS) is 12.5. The molecule has 1 rings (SSSR count). The summed E-state index contributed by atoms with van der Waals surface area (Å²) in [6.07, 6.45) is -1.41. The van der Waals surface area contributed by atoms with Crippen molar-refractivity contribution in [2.24, 2.45) is 0 Å². The van der Waals surface area contributed by atoms with Crippen molar-refractivity contribution in [3.8, 4) is 0 Å². The molecule has 0 aliphatic rings. The van der Waals surface area contributed by atoms with E-state index in [9.17, 15) is 4.79 Å². The number of benzene rings is 1. The van der Waals surface area contributed by atoms with E-state index in [1.807, 2.05) is 0 Å². The quantitative estimate of drug-likeness (QED) is 0.662. The lowest BCUT2D eigenvalue weighted by Crippen LogP contribution is -2.09. The summed E-state index contributed by atoms with van der Waals surface area (Å²) < 4.78 is 0. The highest BCUT2D eigenvalue weighted by molar-refractivity contribution is 5.73. The van der Waals surface area contributed by atoms with Gasteiger partial charge in [-0.05, 0) is 5.56 Å². The molecular weight excluding hydrogens is 146 g/mol. The van der Waals surface area contributed by atoms with Gasteiger partial charge in [-0.3, -0.25) is 0 Å². The number of aliphatic hydroxyl groups excluding tert-OH is 1. The molecule has 0 saturated carbocycles. The minimum absolute atomic E-state index is 0.403. The largest absolute Gasteiger partial charge is 0.479 e. The number of aliphatic hydroxyl groups is 1. The molecule has 0 aliphatic carbocycles. The molecule has 0 amide bonds. The molecule has 1 aromatic rings. The van der Waals surface area contributed by atoms with Crippen LogP contribution in [0.1, 0.15) is 11.7 Å². The monoisotopic (exact) mass is 154 g/mol. The Morgan fingerprint density at radius 3 is 2.27 bits per heavy atom. The predicted molar refractivity (Wildman–Crippen MR) is 39.0 cm³/mol. The summed E-state index contributed by atoms with van der Waals surface area (Å²) in [6.45, 7) is 0. The van der Waals surface area contributed by atoms with Crippen molar-refractivity contribution in [1.29, 1.82) is 0 Å². The Labute approximate surface area is 63.9 Å². The van der Waals surface area contributed by atoms with Gasteiger partial charge in [0.05, 0.1) is 0 Å². The molecule has 0 aromatic heterocycles. The number of carboxylic acid groups (broad SMARTS) is 1. The van der Waals surface area contributed by atoms with Gasteiger partial charge in [-0.15, -0.1) is 0 Å². The van der Waals surface area contributed by atoms with E-state index < -0.39 is 12.1 Å². The average molecular weight is 154 g/mol. The third-order valence-corrected chi connectivity index (χ3v) is 1.35. The fourth-order valence-electron chi connectivity index (χ4n) is 0.778. The Bertz CT molecular complexity index is 243. The van der Waals surface area contributed by atoms with Crippen LogP contribution in [0.3, 0.4) is 0 Å². The first kappa shape index (κ1) is 7.75. The van der Waals surface area contributed by atoms with Gasteiger partial charge >= 0.3 is 5.97 Å². The molecule has 1 atom stereocenters. The summed E-state index contributed by atoms with van der Waals surface area (Å²) in [7, 11) is 0. The number of carboxylic acids is 1. The number of rotatable bonds is 2. The van der Waals surface area contributed by atoms with Gasteiger partial charge in [-0.1, -0.05) is 30.3 Å². The Morgan fingerprint density at radius 2 is 1.82 bits per heavy atom. The lowest BCUT2D eigenvalue weighted by Gasteiger charge is -2.03. The highest BCUT2D eigenvalue weighted by Crippen LogP contribution is 2.10. The Hall–Kier alpha value is -1.35. The van der Waals surface area contributed by atoms with Crippen LogP contribution >= 0.6 is 0 Å². The topological polar surface area (TPSA) is 57.5 Å². The van der Waals surface area contributed by atoms with E-state index in [1.165, 1.54) is 0 Å². The summed E-state index contributed by atoms with van der Waals surface area (Å²) >= 11 is 0. The molecule has 0 heterocycles. The second-order valence-corrected chi connectivity index (χ2v) is 2.15. The van der Waals surface area contributed by atoms with Crippen LogP contribution in [0.15, 0.2) is 30.3 Å². The van der Waals surface area contributed by atoms with Crippen molar-refractivity contribution >= 4 is 5.97 Å². The van der Waals surface area contributed by atoms with Gasteiger partial charge in [0, 0.05) is 0 Å². The SMILES string of the molecule is O=[14C](O)C(O)c1ccccc1. The summed E-state index contributed by atoms with van der Waals surface area (Å²) in [5, 5.41) is 17.4. The van der Waals surface area contributed by atoms with Gasteiger partial charge in [0.1, 0.15) is 0 Å². The first-order chi connectivity index (χ1) is 5.22. The van der Waals surface area contributed by atoms with Crippen LogP contribution in [0.4, 0.5) is 0 Å². The van der Waals surface area contributed by atoms with Crippen LogP contribution < -0.4 is 0 Å². The molecule has 1 unspecified atom stereocenters. The van der Waals surface area contributed by atoms with E-state index in [-0.39, 0.29) is 0 Å². The number of hydrogen-bond acceptors (Lipinski definition) is 2. The first-order valence-corrected chi connectivity index (χ1v) is 3.17. The van der Waals surface area contributed by atoms with Crippen molar-refractivity contribution in [2.75, 3.05) is 0 Å². The second kappa shape index (κ2) is 3.16. The third-order valence-electron chi connectivity index (χ3n) is 1.35. The van der Waals surface area contributed by atoms with Crippen molar-refractivity contribution in [3.63, 3.8) is 0 Å². The lowest BCUT2D eigenvalue weighted by atomic mass is 10.2. The average Bonchev–Trinajstić information content (AvgIpc) is 2.05. The minimum atomic E-state index is -1.41. The van der Waals surface area contributed by atoms with Crippen LogP contribution in [0.5, 0.6) is 0 Å². The molecule has 0 radical (unpaired) electrons. The molecule has 1 aromatic carbocycles. The van der Waals surface area contributed by atoms with E-state index in [0.717, 1.165) is 0 Å². The zero-order chi connectivity index (χ0) is 8.27. The first-order valence-electron chi connectivity index (χ1n) is 3.17. The summed E-state index contributed by atoms with van der Waals surface area (Å²) in [4.78, 5) is 10.2. The van der Waals surface area contributed by atoms with Crippen molar-refractivity contribution in [3.05, 3.63) is 35.9 Å². The number of carbonyl (C=O) groups is 1. The lowest BCUT2D eigenvalue weighted by molar-refractivity contribution is -0.146. The van der Waals surface area contributed by atoms with E-state index in [4.69, 9.17) is 10.2 Å². The summed E-state index contributed by atoms with van der Waals surface area (Å²) in [6, 6.07) is 8.26. The second-order valence-electron chi connectivity index (χ2n) is 2.15. The van der Waals surface area contributed by atoms with Crippen LogP contribution in [0.2, 0.25) is 0 Å². The van der Waals surface area contributed by atoms with Crippen LogP contribution in [-0.2, 0) is 4.79 Å². The van der Waals surface area contributed by atoms with Gasteiger partial charge in [0.2, 0.25) is 0 Å². The number of hydrogen-bond donors (Lipinski definition) is 2.